The largest absolute Gasteiger partial charge is 0.459 e. The van der Waals surface area contributed by atoms with Crippen molar-refractivity contribution in [2.45, 2.75) is 146 Å². The highest BCUT2D eigenvalue weighted by molar-refractivity contribution is 5.87. The van der Waals surface area contributed by atoms with Crippen LogP contribution in [0, 0.1) is 32.5 Å². The first-order chi connectivity index (χ1) is 27.5. The van der Waals surface area contributed by atoms with Gasteiger partial charge in [0, 0.05) is 47.1 Å². The summed E-state index contributed by atoms with van der Waals surface area (Å²) < 4.78 is 32.4. The second-order valence-corrected chi connectivity index (χ2v) is 20.8. The molecule has 3 saturated carbocycles. The second-order valence-electron chi connectivity index (χ2n) is 20.8. The van der Waals surface area contributed by atoms with E-state index >= 15 is 0 Å². The molecule has 340 valence electrons. The van der Waals surface area contributed by atoms with Crippen LogP contribution in [0.5, 0.6) is 0 Å². The van der Waals surface area contributed by atoms with Crippen LogP contribution in [0.25, 0.3) is 0 Å². The van der Waals surface area contributed by atoms with Crippen molar-refractivity contribution in [1.29, 1.82) is 0 Å². The molecule has 0 aromatic heterocycles. The molecule has 0 spiro atoms. The average Bonchev–Trinajstić information content (AvgIpc) is 3.09. The van der Waals surface area contributed by atoms with Gasteiger partial charge in [0.2, 0.25) is 0 Å². The van der Waals surface area contributed by atoms with Crippen molar-refractivity contribution in [2.24, 2.45) is 32.5 Å². The van der Waals surface area contributed by atoms with Crippen molar-refractivity contribution in [3.63, 3.8) is 0 Å². The number of carbonyl (C=O) groups is 6. The van der Waals surface area contributed by atoms with E-state index in [1.807, 2.05) is 27.7 Å². The van der Waals surface area contributed by atoms with Crippen LogP contribution >= 0.6 is 0 Å². The van der Waals surface area contributed by atoms with Crippen LogP contribution in [0.3, 0.4) is 0 Å². The summed E-state index contributed by atoms with van der Waals surface area (Å²) in [5, 5.41) is 11.8. The van der Waals surface area contributed by atoms with E-state index in [-0.39, 0.29) is 71.3 Å². The lowest BCUT2D eigenvalue weighted by Gasteiger charge is -2.61. The van der Waals surface area contributed by atoms with E-state index in [0.717, 1.165) is 25.7 Å². The number of nitrogens with one attached hydrogen (secondary N) is 4. The lowest BCUT2D eigenvalue weighted by Crippen LogP contribution is -2.70. The summed E-state index contributed by atoms with van der Waals surface area (Å²) in [4.78, 5) is 74.9. The van der Waals surface area contributed by atoms with Gasteiger partial charge in [0.15, 0.2) is 0 Å². The van der Waals surface area contributed by atoms with E-state index in [9.17, 15) is 28.8 Å². The molecule has 0 saturated heterocycles. The molecule has 16 heteroatoms. The highest BCUT2D eigenvalue weighted by Crippen LogP contribution is 2.57. The molecule has 0 radical (unpaired) electrons. The predicted molar refractivity (Wildman–Crippen MR) is 224 cm³/mol. The Morgan fingerprint density at radius 3 is 1.13 bits per heavy atom. The third kappa shape index (κ3) is 14.3. The van der Waals surface area contributed by atoms with Gasteiger partial charge in [-0.25, -0.2) is 28.8 Å². The lowest BCUT2D eigenvalue weighted by atomic mass is 9.51. The average molecular weight is 849 g/mol. The van der Waals surface area contributed by atoms with Crippen molar-refractivity contribution >= 4 is 36.3 Å². The topological polar surface area (TPSA) is 206 Å². The highest BCUT2D eigenvalue weighted by Gasteiger charge is 2.66. The Morgan fingerprint density at radius 2 is 0.817 bits per heavy atom. The first-order valence-corrected chi connectivity index (χ1v) is 20.9. The second kappa shape index (κ2) is 19.5. The van der Waals surface area contributed by atoms with Crippen LogP contribution in [-0.2, 0) is 38.0 Å². The van der Waals surface area contributed by atoms with Gasteiger partial charge in [-0.05, 0) is 74.0 Å². The SMILES string of the molecule is C=C(C)C(=O)OCCOC(=O)NC1CC(C)(C)CC(C)(CNC(=O)OC2C(C)(C)C(OC(=O)NCC3(C)CC(NC(=O)OCCOC(=O)C(=C)C)CC(C)(C)C3)C2(C)C)C1. The van der Waals surface area contributed by atoms with E-state index < -0.39 is 59.3 Å². The molecule has 0 aromatic carbocycles. The van der Waals surface area contributed by atoms with Crippen molar-refractivity contribution in [3.8, 4) is 0 Å². The summed E-state index contributed by atoms with van der Waals surface area (Å²) in [7, 11) is 0. The molecule has 4 N–H and O–H groups in total. The normalized spacial score (nSPS) is 28.2. The first kappa shape index (κ1) is 49.9. The Kier molecular flexibility index (Phi) is 16.2. The zero-order chi connectivity index (χ0) is 45.5. The van der Waals surface area contributed by atoms with Crippen molar-refractivity contribution in [1.82, 2.24) is 21.3 Å². The van der Waals surface area contributed by atoms with Crippen LogP contribution in [0.4, 0.5) is 19.2 Å². The van der Waals surface area contributed by atoms with Gasteiger partial charge in [0.05, 0.1) is 0 Å². The van der Waals surface area contributed by atoms with Crippen LogP contribution in [-0.4, -0.2) is 100 Å². The Balaban J connectivity index is 1.48. The molecule has 3 rings (SSSR count). The molecule has 0 bridgehead atoms. The Bertz CT molecular complexity index is 1510. The molecule has 4 atom stereocenters. The number of hydrogen-bond donors (Lipinski definition) is 4. The Hall–Kier alpha value is -4.50. The zero-order valence-corrected chi connectivity index (χ0v) is 38.1. The number of esters is 2. The molecule has 3 aliphatic carbocycles. The maximum absolute atomic E-state index is 13.3. The number of amides is 4. The van der Waals surface area contributed by atoms with E-state index in [1.54, 1.807) is 0 Å². The summed E-state index contributed by atoms with van der Waals surface area (Å²) in [5.41, 5.74) is -1.87. The van der Waals surface area contributed by atoms with Crippen LogP contribution in [0.15, 0.2) is 24.3 Å². The molecule has 60 heavy (non-hydrogen) atoms. The third-order valence-electron chi connectivity index (χ3n) is 11.8. The molecular formula is C44H72N4O12. The summed E-state index contributed by atoms with van der Waals surface area (Å²) >= 11 is 0. The van der Waals surface area contributed by atoms with Gasteiger partial charge >= 0.3 is 36.3 Å². The fourth-order valence-electron chi connectivity index (χ4n) is 10.5. The summed E-state index contributed by atoms with van der Waals surface area (Å²) in [6.07, 6.45) is 0.748. The summed E-state index contributed by atoms with van der Waals surface area (Å²) in [6, 6.07) is -0.412. The number of carbonyl (C=O) groups excluding carboxylic acids is 6. The molecule has 0 aliphatic heterocycles. The van der Waals surface area contributed by atoms with Gasteiger partial charge in [-0.15, -0.1) is 0 Å². The molecular weight excluding hydrogens is 776 g/mol. The molecule has 4 amide bonds. The van der Waals surface area contributed by atoms with E-state index in [1.165, 1.54) is 13.8 Å². The van der Waals surface area contributed by atoms with Crippen LogP contribution in [0.2, 0.25) is 0 Å². The fraction of sp³-hybridized carbons (Fsp3) is 0.773. The predicted octanol–water partition coefficient (Wildman–Crippen LogP) is 7.10. The zero-order valence-electron chi connectivity index (χ0n) is 38.1. The highest BCUT2D eigenvalue weighted by atomic mass is 16.6. The summed E-state index contributed by atoms with van der Waals surface area (Å²) in [6.45, 7) is 30.7. The van der Waals surface area contributed by atoms with Gasteiger partial charge < -0.3 is 49.7 Å². The van der Waals surface area contributed by atoms with Crippen LogP contribution in [0.1, 0.15) is 122 Å². The Morgan fingerprint density at radius 1 is 0.500 bits per heavy atom. The smallest absolute Gasteiger partial charge is 0.407 e. The minimum Gasteiger partial charge on any atom is -0.459 e. The molecule has 16 nitrogen and oxygen atoms in total. The molecule has 0 aromatic rings. The lowest BCUT2D eigenvalue weighted by molar-refractivity contribution is -0.245. The van der Waals surface area contributed by atoms with Crippen molar-refractivity contribution < 1.29 is 57.2 Å². The van der Waals surface area contributed by atoms with Crippen LogP contribution < -0.4 is 21.3 Å². The minimum absolute atomic E-state index is 0.0748. The van der Waals surface area contributed by atoms with E-state index in [2.05, 4.69) is 76.0 Å². The standard InChI is InChI=1S/C44H72N4O12/c1-27(2)31(49)55-15-17-57-37(53)47-29-19-39(5,6)23-43(13,21-29)25-45-35(51)59-33-41(9,10)34(42(33,11)12)60-36(52)46-26-44(14)22-30(20-40(7,8)24-44)48-38(54)58-18-16-56-32(50)28(3)4/h29-30,33-34H,1,3,15-26H2,2,4-14H3,(H,45,51)(H,46,52)(H,47,53)(H,48,54). The number of ether oxygens (including phenoxy) is 6. The van der Waals surface area contributed by atoms with E-state index in [4.69, 9.17) is 28.4 Å². The maximum Gasteiger partial charge on any atom is 0.407 e. The van der Waals surface area contributed by atoms with Crippen molar-refractivity contribution in [2.75, 3.05) is 39.5 Å². The molecule has 3 aliphatic rings. The molecule has 0 heterocycles. The van der Waals surface area contributed by atoms with Gasteiger partial charge in [0.1, 0.15) is 38.6 Å². The first-order valence-electron chi connectivity index (χ1n) is 20.9. The summed E-state index contributed by atoms with van der Waals surface area (Å²) in [5.74, 6) is -1.10. The van der Waals surface area contributed by atoms with Gasteiger partial charge in [0.25, 0.3) is 0 Å². The van der Waals surface area contributed by atoms with E-state index in [0.29, 0.717) is 25.9 Å². The van der Waals surface area contributed by atoms with Gasteiger partial charge in [-0.1, -0.05) is 82.4 Å². The quantitative estimate of drug-likeness (QED) is 0.0531. The minimum atomic E-state index is -0.692. The maximum atomic E-state index is 13.3. The fourth-order valence-corrected chi connectivity index (χ4v) is 10.5. The third-order valence-corrected chi connectivity index (χ3v) is 11.8. The molecule has 4 unspecified atom stereocenters. The van der Waals surface area contributed by atoms with Crippen molar-refractivity contribution in [3.05, 3.63) is 24.3 Å². The monoisotopic (exact) mass is 849 g/mol. The number of rotatable bonds is 16. The molecule has 3 fully saturated rings. The number of alkyl carbamates (subject to hydrolysis) is 4. The van der Waals surface area contributed by atoms with Gasteiger partial charge in [-0.2, -0.15) is 0 Å². The van der Waals surface area contributed by atoms with Gasteiger partial charge in [-0.3, -0.25) is 0 Å². The number of hydrogen-bond acceptors (Lipinski definition) is 12. The Labute approximate surface area is 356 Å².